The normalized spacial score (nSPS) is 18.4. The number of carbonyl (C=O) groups excluding carboxylic acids is 1. The Kier molecular flexibility index (Phi) is 7.75. The summed E-state index contributed by atoms with van der Waals surface area (Å²) in [4.78, 5) is 26.1. The van der Waals surface area contributed by atoms with Gasteiger partial charge in [-0.25, -0.2) is 15.0 Å². The fraction of sp³-hybridized carbons (Fsp3) is 0.250. The number of halogens is 2. The maximum absolute atomic E-state index is 12.8. The summed E-state index contributed by atoms with van der Waals surface area (Å²) < 4.78 is 0. The molecule has 0 spiro atoms. The Labute approximate surface area is 202 Å². The minimum atomic E-state index is -0.267. The van der Waals surface area contributed by atoms with Gasteiger partial charge >= 0.3 is 0 Å². The maximum atomic E-state index is 12.8. The highest BCUT2D eigenvalue weighted by Gasteiger charge is 2.22. The van der Waals surface area contributed by atoms with Gasteiger partial charge in [0.05, 0.1) is 6.04 Å². The molecule has 1 heterocycles. The van der Waals surface area contributed by atoms with E-state index < -0.39 is 0 Å². The molecule has 33 heavy (non-hydrogen) atoms. The van der Waals surface area contributed by atoms with Gasteiger partial charge in [-0.2, -0.15) is 0 Å². The third kappa shape index (κ3) is 6.91. The van der Waals surface area contributed by atoms with E-state index in [4.69, 9.17) is 28.2 Å². The Hall–Kier alpha value is -3.16. The number of aromatic nitrogens is 2. The second-order valence-corrected chi connectivity index (χ2v) is 8.67. The molecule has 3 N–H and O–H groups in total. The van der Waals surface area contributed by atoms with E-state index in [0.29, 0.717) is 33.6 Å². The average Bonchev–Trinajstić information content (AvgIpc) is 2.81. The number of anilines is 2. The van der Waals surface area contributed by atoms with Gasteiger partial charge in [0.15, 0.2) is 0 Å². The van der Waals surface area contributed by atoms with Crippen LogP contribution in [-0.4, -0.2) is 33.9 Å². The molecule has 1 aliphatic carbocycles. The first-order valence-corrected chi connectivity index (χ1v) is 11.5. The summed E-state index contributed by atoms with van der Waals surface area (Å²) in [5.74, 6) is 0.763. The number of aliphatic imine (C=N–C) groups is 1. The topological polar surface area (TPSA) is 91.3 Å². The summed E-state index contributed by atoms with van der Waals surface area (Å²) in [6.07, 6.45) is 7.07. The third-order valence-corrected chi connectivity index (χ3v) is 5.82. The second-order valence-electron chi connectivity index (χ2n) is 7.80. The quantitative estimate of drug-likeness (QED) is 0.334. The summed E-state index contributed by atoms with van der Waals surface area (Å²) in [6, 6.07) is 16.2. The minimum Gasteiger partial charge on any atom is -0.351 e. The van der Waals surface area contributed by atoms with Crippen LogP contribution < -0.4 is 16.0 Å². The van der Waals surface area contributed by atoms with E-state index in [1.807, 2.05) is 12.1 Å². The lowest BCUT2D eigenvalue weighted by molar-refractivity contribution is 0.0977. The van der Waals surface area contributed by atoms with Gasteiger partial charge < -0.3 is 10.6 Å². The Morgan fingerprint density at radius 3 is 2.33 bits per heavy atom. The van der Waals surface area contributed by atoms with Crippen LogP contribution in [0, 0.1) is 0 Å². The highest BCUT2D eigenvalue weighted by Crippen LogP contribution is 2.24. The lowest BCUT2D eigenvalue weighted by Gasteiger charge is -2.27. The molecule has 7 nitrogen and oxygen atoms in total. The first-order valence-electron chi connectivity index (χ1n) is 10.8. The van der Waals surface area contributed by atoms with E-state index in [1.54, 1.807) is 54.9 Å². The molecule has 4 rings (SSSR count). The summed E-state index contributed by atoms with van der Waals surface area (Å²) in [7, 11) is 0. The van der Waals surface area contributed by atoms with Gasteiger partial charge in [-0.05, 0) is 74.2 Å². The van der Waals surface area contributed by atoms with Crippen LogP contribution >= 0.6 is 23.2 Å². The molecule has 1 aliphatic rings. The fourth-order valence-electron chi connectivity index (χ4n) is 3.67. The summed E-state index contributed by atoms with van der Waals surface area (Å²) >= 11 is 12.1. The van der Waals surface area contributed by atoms with Crippen LogP contribution in [0.15, 0.2) is 72.0 Å². The molecule has 3 aromatic rings. The first kappa shape index (κ1) is 23.0. The zero-order valence-electron chi connectivity index (χ0n) is 17.8. The van der Waals surface area contributed by atoms with Crippen molar-refractivity contribution < 1.29 is 4.79 Å². The van der Waals surface area contributed by atoms with Crippen molar-refractivity contribution in [1.82, 2.24) is 15.3 Å². The third-order valence-electron chi connectivity index (χ3n) is 5.33. The zero-order chi connectivity index (χ0) is 23.0. The van der Waals surface area contributed by atoms with Crippen LogP contribution in [0.5, 0.6) is 0 Å². The van der Waals surface area contributed by atoms with E-state index in [-0.39, 0.29) is 11.9 Å². The zero-order valence-corrected chi connectivity index (χ0v) is 19.4. The highest BCUT2D eigenvalue weighted by atomic mass is 35.5. The molecule has 0 radical (unpaired) electrons. The molecule has 0 saturated heterocycles. The van der Waals surface area contributed by atoms with Gasteiger partial charge in [-0.1, -0.05) is 29.3 Å². The molecule has 2 aromatic carbocycles. The van der Waals surface area contributed by atoms with E-state index >= 15 is 0 Å². The standard InChI is InChI=1S/C24H24Cl2N6O/c25-17-7-5-16(6-8-17)22(33)32-24(31-21-4-1-3-18(26)15-21)30-20-11-9-19(10-12-20)29-23-27-13-2-14-28-23/h1-8,13-15,19-20H,9-12H2,(H,27,28,29)(H2,30,31,32,33). The Morgan fingerprint density at radius 2 is 1.64 bits per heavy atom. The van der Waals surface area contributed by atoms with Crippen molar-refractivity contribution >= 4 is 46.7 Å². The molecule has 0 bridgehead atoms. The predicted molar refractivity (Wildman–Crippen MR) is 133 cm³/mol. The van der Waals surface area contributed by atoms with Crippen molar-refractivity contribution in [3.05, 3.63) is 82.6 Å². The van der Waals surface area contributed by atoms with Crippen LogP contribution in [0.1, 0.15) is 36.0 Å². The number of carbonyl (C=O) groups is 1. The number of rotatable bonds is 5. The lowest BCUT2D eigenvalue weighted by atomic mass is 9.91. The molecular formula is C24H24Cl2N6O. The molecule has 1 amide bonds. The molecular weight excluding hydrogens is 459 g/mol. The lowest BCUT2D eigenvalue weighted by Crippen LogP contribution is -2.38. The van der Waals surface area contributed by atoms with Crippen LogP contribution in [-0.2, 0) is 0 Å². The molecule has 9 heteroatoms. The number of nitrogens with one attached hydrogen (secondary N) is 3. The SMILES string of the molecule is O=C(NC(=NC1CCC(Nc2ncccn2)CC1)Nc1cccc(Cl)c1)c1ccc(Cl)cc1. The van der Waals surface area contributed by atoms with E-state index in [9.17, 15) is 4.79 Å². The summed E-state index contributed by atoms with van der Waals surface area (Å²) in [6.45, 7) is 0. The van der Waals surface area contributed by atoms with Crippen molar-refractivity contribution in [2.24, 2.45) is 4.99 Å². The number of guanidine groups is 1. The molecule has 170 valence electrons. The van der Waals surface area contributed by atoms with Gasteiger partial charge in [0, 0.05) is 39.7 Å². The fourth-order valence-corrected chi connectivity index (χ4v) is 3.98. The number of amides is 1. The van der Waals surface area contributed by atoms with Crippen LogP contribution in [0.4, 0.5) is 11.6 Å². The smallest absolute Gasteiger partial charge is 0.257 e. The van der Waals surface area contributed by atoms with Crippen molar-refractivity contribution in [1.29, 1.82) is 0 Å². The van der Waals surface area contributed by atoms with Crippen molar-refractivity contribution in [3.63, 3.8) is 0 Å². The Bertz CT molecular complexity index is 1100. The minimum absolute atomic E-state index is 0.0759. The molecule has 1 saturated carbocycles. The van der Waals surface area contributed by atoms with Gasteiger partial charge in [-0.3, -0.25) is 10.1 Å². The summed E-state index contributed by atoms with van der Waals surface area (Å²) in [5, 5.41) is 10.6. The molecule has 0 unspecified atom stereocenters. The van der Waals surface area contributed by atoms with Crippen LogP contribution in [0.2, 0.25) is 10.0 Å². The largest absolute Gasteiger partial charge is 0.351 e. The van der Waals surface area contributed by atoms with E-state index in [1.165, 1.54) is 0 Å². The molecule has 1 fully saturated rings. The molecule has 0 aliphatic heterocycles. The number of hydrogen-bond acceptors (Lipinski definition) is 5. The van der Waals surface area contributed by atoms with Gasteiger partial charge in [0.25, 0.3) is 5.91 Å². The van der Waals surface area contributed by atoms with Crippen LogP contribution in [0.3, 0.4) is 0 Å². The number of nitrogens with zero attached hydrogens (tertiary/aromatic N) is 3. The first-order chi connectivity index (χ1) is 16.0. The van der Waals surface area contributed by atoms with Crippen LogP contribution in [0.25, 0.3) is 0 Å². The maximum Gasteiger partial charge on any atom is 0.257 e. The van der Waals surface area contributed by atoms with Crippen molar-refractivity contribution in [2.75, 3.05) is 10.6 Å². The van der Waals surface area contributed by atoms with E-state index in [2.05, 4.69) is 25.9 Å². The van der Waals surface area contributed by atoms with Crippen molar-refractivity contribution in [2.45, 2.75) is 37.8 Å². The van der Waals surface area contributed by atoms with Gasteiger partial charge in [0.1, 0.15) is 0 Å². The highest BCUT2D eigenvalue weighted by molar-refractivity contribution is 6.31. The molecule has 1 aromatic heterocycles. The Morgan fingerprint density at radius 1 is 0.909 bits per heavy atom. The average molecular weight is 483 g/mol. The number of benzene rings is 2. The van der Waals surface area contributed by atoms with Crippen molar-refractivity contribution in [3.8, 4) is 0 Å². The molecule has 0 atom stereocenters. The van der Waals surface area contributed by atoms with Gasteiger partial charge in [0.2, 0.25) is 11.9 Å². The van der Waals surface area contributed by atoms with Gasteiger partial charge in [-0.15, -0.1) is 0 Å². The number of hydrogen-bond donors (Lipinski definition) is 3. The van der Waals surface area contributed by atoms with E-state index in [0.717, 1.165) is 31.4 Å². The Balaban J connectivity index is 1.44. The summed E-state index contributed by atoms with van der Waals surface area (Å²) in [5.41, 5.74) is 1.24. The second kappa shape index (κ2) is 11.1. The monoisotopic (exact) mass is 482 g/mol. The predicted octanol–water partition coefficient (Wildman–Crippen LogP) is 5.40.